The lowest BCUT2D eigenvalue weighted by Crippen LogP contribution is -2.21. The number of aryl methyl sites for hydroxylation is 1. The van der Waals surface area contributed by atoms with Gasteiger partial charge in [-0.05, 0) is 58.5 Å². The van der Waals surface area contributed by atoms with Crippen LogP contribution in [0.1, 0.15) is 22.6 Å². The number of anilines is 3. The van der Waals surface area contributed by atoms with Gasteiger partial charge in [0.15, 0.2) is 0 Å². The summed E-state index contributed by atoms with van der Waals surface area (Å²) in [5.74, 6) is 1.14. The summed E-state index contributed by atoms with van der Waals surface area (Å²) in [6, 6.07) is 50.8. The van der Waals surface area contributed by atoms with E-state index >= 15 is 0 Å². The highest BCUT2D eigenvalue weighted by molar-refractivity contribution is 7.26. The summed E-state index contributed by atoms with van der Waals surface area (Å²) in [6.45, 7) is 2.20. The standard InChI is InChI=1S/C45H31NOS/c1-28-12-5-10-21-38(28)46(31-23-24-35-37-20-11-19-33(29-13-3-2-4-14-29)45(37)47-40(35)26-31)39-27-42-44(36-18-9-8-17-34(36)39)43-32-16-7-6-15-30(32)22-25-41(43)48-42/h2-27,37,45H,1H3. The zero-order chi connectivity index (χ0) is 31.8. The highest BCUT2D eigenvalue weighted by Gasteiger charge is 2.37. The van der Waals surface area contributed by atoms with Gasteiger partial charge in [-0.1, -0.05) is 127 Å². The van der Waals surface area contributed by atoms with E-state index in [-0.39, 0.29) is 12.0 Å². The van der Waals surface area contributed by atoms with Crippen molar-refractivity contribution in [1.29, 1.82) is 0 Å². The lowest BCUT2D eigenvalue weighted by Gasteiger charge is -2.29. The molecule has 1 aliphatic heterocycles. The number of allylic oxidation sites excluding steroid dienone is 2. The van der Waals surface area contributed by atoms with Gasteiger partial charge in [-0.3, -0.25) is 0 Å². The van der Waals surface area contributed by atoms with Gasteiger partial charge in [0.25, 0.3) is 0 Å². The molecule has 1 aliphatic carbocycles. The first-order valence-corrected chi connectivity index (χ1v) is 17.4. The van der Waals surface area contributed by atoms with Crippen molar-refractivity contribution in [2.24, 2.45) is 0 Å². The molecule has 0 bridgehead atoms. The Hall–Kier alpha value is -5.64. The molecule has 0 saturated heterocycles. The Bertz CT molecular complexity index is 2630. The molecule has 0 saturated carbocycles. The Labute approximate surface area is 283 Å². The van der Waals surface area contributed by atoms with E-state index in [1.807, 2.05) is 11.3 Å². The van der Waals surface area contributed by atoms with Gasteiger partial charge in [-0.15, -0.1) is 11.3 Å². The number of hydrogen-bond donors (Lipinski definition) is 0. The molecule has 8 aromatic rings. The number of para-hydroxylation sites is 1. The van der Waals surface area contributed by atoms with Crippen molar-refractivity contribution in [3.8, 4) is 5.75 Å². The van der Waals surface area contributed by atoms with E-state index in [1.165, 1.54) is 69.7 Å². The zero-order valence-corrected chi connectivity index (χ0v) is 27.2. The molecule has 7 aromatic carbocycles. The second-order valence-corrected chi connectivity index (χ2v) is 13.9. The third-order valence-corrected chi connectivity index (χ3v) is 11.2. The molecule has 2 unspecified atom stereocenters. The highest BCUT2D eigenvalue weighted by Crippen LogP contribution is 2.51. The maximum Gasteiger partial charge on any atom is 0.135 e. The SMILES string of the molecule is Cc1ccccc1N(c1ccc2c(c1)OC1C(c3ccccc3)=CC=CC21)c1cc2sc3ccc4ccccc4c3c2c2ccccc12. The first kappa shape index (κ1) is 27.5. The van der Waals surface area contributed by atoms with E-state index in [4.69, 9.17) is 4.74 Å². The van der Waals surface area contributed by atoms with E-state index < -0.39 is 0 Å². The molecule has 3 heteroatoms. The van der Waals surface area contributed by atoms with Crippen molar-refractivity contribution in [3.63, 3.8) is 0 Å². The molecule has 2 atom stereocenters. The van der Waals surface area contributed by atoms with Gasteiger partial charge in [0.05, 0.1) is 5.69 Å². The maximum absolute atomic E-state index is 6.87. The van der Waals surface area contributed by atoms with E-state index in [9.17, 15) is 0 Å². The lowest BCUT2D eigenvalue weighted by atomic mass is 9.84. The number of nitrogens with zero attached hydrogens (tertiary/aromatic N) is 1. The van der Waals surface area contributed by atoms with Crippen molar-refractivity contribution in [3.05, 3.63) is 174 Å². The fourth-order valence-corrected chi connectivity index (χ4v) is 9.10. The average molecular weight is 634 g/mol. The van der Waals surface area contributed by atoms with E-state index in [1.54, 1.807) is 0 Å². The molecule has 0 radical (unpaired) electrons. The van der Waals surface area contributed by atoms with E-state index in [2.05, 4.69) is 170 Å². The van der Waals surface area contributed by atoms with Crippen LogP contribution >= 0.6 is 11.3 Å². The van der Waals surface area contributed by atoms with Crippen molar-refractivity contribution in [2.75, 3.05) is 4.90 Å². The van der Waals surface area contributed by atoms with Crippen LogP contribution in [0, 0.1) is 6.92 Å². The summed E-state index contributed by atoms with van der Waals surface area (Å²) in [4.78, 5) is 2.44. The van der Waals surface area contributed by atoms with Crippen LogP contribution in [0.15, 0.2) is 158 Å². The monoisotopic (exact) mass is 633 g/mol. The number of ether oxygens (including phenoxy) is 1. The van der Waals surface area contributed by atoms with Gasteiger partial charge in [0, 0.05) is 60.1 Å². The Balaban J connectivity index is 1.19. The molecule has 1 aromatic heterocycles. The number of thiophene rings is 1. The molecule has 2 nitrogen and oxygen atoms in total. The van der Waals surface area contributed by atoms with E-state index in [0.717, 1.165) is 17.1 Å². The number of hydrogen-bond acceptors (Lipinski definition) is 3. The van der Waals surface area contributed by atoms with Crippen LogP contribution < -0.4 is 9.64 Å². The minimum absolute atomic E-state index is 0.0416. The van der Waals surface area contributed by atoms with Crippen molar-refractivity contribution in [2.45, 2.75) is 18.9 Å². The molecule has 2 heterocycles. The average Bonchev–Trinajstić information content (AvgIpc) is 3.71. The van der Waals surface area contributed by atoms with Crippen LogP contribution in [0.25, 0.3) is 47.3 Å². The predicted octanol–water partition coefficient (Wildman–Crippen LogP) is 12.6. The van der Waals surface area contributed by atoms with Crippen LogP contribution in [0.5, 0.6) is 5.75 Å². The van der Waals surface area contributed by atoms with Gasteiger partial charge in [-0.25, -0.2) is 0 Å². The second kappa shape index (κ2) is 10.7. The predicted molar refractivity (Wildman–Crippen MR) is 204 cm³/mol. The zero-order valence-electron chi connectivity index (χ0n) is 26.4. The molecular weight excluding hydrogens is 603 g/mol. The smallest absolute Gasteiger partial charge is 0.135 e. The van der Waals surface area contributed by atoms with Crippen LogP contribution in [0.3, 0.4) is 0 Å². The molecule has 228 valence electrons. The topological polar surface area (TPSA) is 12.5 Å². The quantitative estimate of drug-likeness (QED) is 0.191. The fourth-order valence-electron chi connectivity index (χ4n) is 7.93. The first-order chi connectivity index (χ1) is 23.7. The maximum atomic E-state index is 6.87. The minimum Gasteiger partial charge on any atom is -0.484 e. The van der Waals surface area contributed by atoms with Gasteiger partial charge < -0.3 is 9.64 Å². The second-order valence-electron chi connectivity index (χ2n) is 12.9. The third-order valence-electron chi connectivity index (χ3n) is 10.1. The number of rotatable bonds is 4. The van der Waals surface area contributed by atoms with Crippen LogP contribution in [-0.2, 0) is 0 Å². The summed E-state index contributed by atoms with van der Waals surface area (Å²) in [5.41, 5.74) is 8.32. The molecule has 10 rings (SSSR count). The summed E-state index contributed by atoms with van der Waals surface area (Å²) in [6.07, 6.45) is 6.64. The van der Waals surface area contributed by atoms with Gasteiger partial charge in [0.1, 0.15) is 11.9 Å². The van der Waals surface area contributed by atoms with E-state index in [0.29, 0.717) is 0 Å². The largest absolute Gasteiger partial charge is 0.484 e. The van der Waals surface area contributed by atoms with Crippen molar-refractivity contribution >= 4 is 75.7 Å². The van der Waals surface area contributed by atoms with Gasteiger partial charge in [-0.2, -0.15) is 0 Å². The summed E-state index contributed by atoms with van der Waals surface area (Å²) < 4.78 is 9.47. The fraction of sp³-hybridized carbons (Fsp3) is 0.0667. The Kier molecular flexibility index (Phi) is 6.12. The highest BCUT2D eigenvalue weighted by atomic mass is 32.1. The summed E-state index contributed by atoms with van der Waals surface area (Å²) in [7, 11) is 0. The molecule has 0 amide bonds. The van der Waals surface area contributed by atoms with Gasteiger partial charge in [0.2, 0.25) is 0 Å². The summed E-state index contributed by atoms with van der Waals surface area (Å²) in [5, 5.41) is 7.78. The van der Waals surface area contributed by atoms with Crippen molar-refractivity contribution in [1.82, 2.24) is 0 Å². The first-order valence-electron chi connectivity index (χ1n) is 16.6. The molecule has 0 fully saturated rings. The Morgan fingerprint density at radius 1 is 0.625 bits per heavy atom. The van der Waals surface area contributed by atoms with Crippen LogP contribution in [0.2, 0.25) is 0 Å². The Morgan fingerprint density at radius 3 is 2.25 bits per heavy atom. The Morgan fingerprint density at radius 2 is 1.38 bits per heavy atom. The molecule has 2 aliphatic rings. The molecule has 0 N–H and O–H groups in total. The van der Waals surface area contributed by atoms with Crippen LogP contribution in [-0.4, -0.2) is 6.10 Å². The molecule has 48 heavy (non-hydrogen) atoms. The third kappa shape index (κ3) is 4.11. The van der Waals surface area contributed by atoms with Crippen LogP contribution in [0.4, 0.5) is 17.1 Å². The normalized spacial score (nSPS) is 16.6. The summed E-state index contributed by atoms with van der Waals surface area (Å²) >= 11 is 1.88. The molecule has 0 spiro atoms. The minimum atomic E-state index is -0.0416. The lowest BCUT2D eigenvalue weighted by molar-refractivity contribution is 0.278. The number of fused-ring (bicyclic) bond motifs is 10. The molecular formula is C45H31NOS. The number of benzene rings is 7. The van der Waals surface area contributed by atoms with Gasteiger partial charge >= 0.3 is 0 Å². The van der Waals surface area contributed by atoms with Crippen molar-refractivity contribution < 1.29 is 4.74 Å².